The molecule has 0 spiro atoms. The van der Waals surface area contributed by atoms with Crippen LogP contribution in [0.15, 0.2) is 23.4 Å². The fourth-order valence-corrected chi connectivity index (χ4v) is 2.32. The summed E-state index contributed by atoms with van der Waals surface area (Å²) < 4.78 is 10.3. The number of ether oxygens (including phenoxy) is 2. The summed E-state index contributed by atoms with van der Waals surface area (Å²) in [6, 6.07) is 4.77. The van der Waals surface area contributed by atoms with Crippen molar-refractivity contribution in [2.45, 2.75) is 19.8 Å². The molecule has 1 aromatic carbocycles. The van der Waals surface area contributed by atoms with Crippen LogP contribution in [-0.4, -0.2) is 24.3 Å². The van der Waals surface area contributed by atoms with E-state index in [-0.39, 0.29) is 27.8 Å². The Bertz CT molecular complexity index is 709. The molecule has 2 aromatic rings. The summed E-state index contributed by atoms with van der Waals surface area (Å²) in [7, 11) is 2.96. The van der Waals surface area contributed by atoms with Gasteiger partial charge in [0.05, 0.1) is 14.2 Å². The van der Waals surface area contributed by atoms with Crippen LogP contribution in [0.4, 0.5) is 5.69 Å². The van der Waals surface area contributed by atoms with E-state index in [1.54, 1.807) is 32.0 Å². The van der Waals surface area contributed by atoms with Gasteiger partial charge in [-0.1, -0.05) is 13.8 Å². The molecule has 8 heteroatoms. The molecule has 2 rings (SSSR count). The maximum atomic E-state index is 12.0. The highest BCUT2D eigenvalue weighted by atomic mass is 16.6. The molecule has 0 aliphatic carbocycles. The Morgan fingerprint density at radius 1 is 1.27 bits per heavy atom. The van der Waals surface area contributed by atoms with Gasteiger partial charge in [-0.2, -0.15) is 0 Å². The van der Waals surface area contributed by atoms with Crippen molar-refractivity contribution >= 4 is 5.69 Å². The number of benzene rings is 1. The SMILES string of the molecule is COc1ccc(-c2c(N=O)c(C(C)C)[n+]([O-])n2O)cc1OC. The third kappa shape index (κ3) is 2.32. The molecule has 0 unspecified atom stereocenters. The number of rotatable bonds is 5. The summed E-state index contributed by atoms with van der Waals surface area (Å²) in [6.07, 6.45) is 0. The summed E-state index contributed by atoms with van der Waals surface area (Å²) in [5, 5.41) is 25.0. The molecule has 0 amide bonds. The Morgan fingerprint density at radius 3 is 2.41 bits per heavy atom. The lowest BCUT2D eigenvalue weighted by molar-refractivity contribution is -0.731. The van der Waals surface area contributed by atoms with E-state index in [9.17, 15) is 15.3 Å². The van der Waals surface area contributed by atoms with Gasteiger partial charge < -0.3 is 19.9 Å². The highest BCUT2D eigenvalue weighted by Gasteiger charge is 2.32. The molecule has 0 aliphatic heterocycles. The average Bonchev–Trinajstić information content (AvgIpc) is 2.78. The van der Waals surface area contributed by atoms with Gasteiger partial charge in [-0.25, -0.2) is 0 Å². The first-order chi connectivity index (χ1) is 10.5. The molecule has 0 saturated carbocycles. The minimum absolute atomic E-state index is 0.00894. The molecule has 1 N–H and O–H groups in total. The van der Waals surface area contributed by atoms with Crippen molar-refractivity contribution in [1.29, 1.82) is 0 Å². The topological polar surface area (TPSA) is 100.0 Å². The van der Waals surface area contributed by atoms with Gasteiger partial charge in [-0.15, -0.1) is 4.91 Å². The Kier molecular flexibility index (Phi) is 4.20. The number of methoxy groups -OCH3 is 2. The molecule has 0 atom stereocenters. The van der Waals surface area contributed by atoms with Crippen LogP contribution in [-0.2, 0) is 0 Å². The minimum Gasteiger partial charge on any atom is -0.593 e. The monoisotopic (exact) mass is 307 g/mol. The van der Waals surface area contributed by atoms with E-state index in [1.807, 2.05) is 0 Å². The van der Waals surface area contributed by atoms with E-state index in [0.717, 1.165) is 0 Å². The third-order valence-electron chi connectivity index (χ3n) is 3.34. The molecule has 1 aromatic heterocycles. The maximum Gasteiger partial charge on any atom is 0.257 e. The molecule has 118 valence electrons. The average molecular weight is 307 g/mol. The van der Waals surface area contributed by atoms with Crippen LogP contribution in [0.3, 0.4) is 0 Å². The molecule has 0 aliphatic rings. The van der Waals surface area contributed by atoms with Crippen LogP contribution in [0.2, 0.25) is 0 Å². The summed E-state index contributed by atoms with van der Waals surface area (Å²) in [5.41, 5.74) is 0.419. The number of hydrogen-bond acceptors (Lipinski definition) is 6. The van der Waals surface area contributed by atoms with Gasteiger partial charge in [0.25, 0.3) is 5.69 Å². The second kappa shape index (κ2) is 5.92. The van der Waals surface area contributed by atoms with Crippen molar-refractivity contribution < 1.29 is 19.5 Å². The lowest BCUT2D eigenvalue weighted by atomic mass is 10.0. The molecular formula is C14H17N3O5. The highest BCUT2D eigenvalue weighted by molar-refractivity contribution is 5.75. The highest BCUT2D eigenvalue weighted by Crippen LogP contribution is 2.38. The van der Waals surface area contributed by atoms with Gasteiger partial charge in [0, 0.05) is 16.3 Å². The second-order valence-corrected chi connectivity index (χ2v) is 4.96. The van der Waals surface area contributed by atoms with Crippen LogP contribution >= 0.6 is 0 Å². The largest absolute Gasteiger partial charge is 0.593 e. The first kappa shape index (κ1) is 15.6. The van der Waals surface area contributed by atoms with Gasteiger partial charge in [-0.3, -0.25) is 0 Å². The Balaban J connectivity index is 2.72. The zero-order chi connectivity index (χ0) is 16.4. The van der Waals surface area contributed by atoms with E-state index in [1.165, 1.54) is 14.2 Å². The van der Waals surface area contributed by atoms with Gasteiger partial charge in [0.15, 0.2) is 17.2 Å². The molecular weight excluding hydrogens is 290 g/mol. The zero-order valence-corrected chi connectivity index (χ0v) is 12.7. The molecule has 1 heterocycles. The lowest BCUT2D eigenvalue weighted by Gasteiger charge is -2.08. The Hall–Kier alpha value is -2.77. The number of nitrogens with zero attached hydrogens (tertiary/aromatic N) is 3. The summed E-state index contributed by atoms with van der Waals surface area (Å²) in [6.45, 7) is 3.47. The summed E-state index contributed by atoms with van der Waals surface area (Å²) >= 11 is 0. The van der Waals surface area contributed by atoms with E-state index < -0.39 is 0 Å². The third-order valence-corrected chi connectivity index (χ3v) is 3.34. The van der Waals surface area contributed by atoms with Crippen molar-refractivity contribution in [2.24, 2.45) is 5.18 Å². The lowest BCUT2D eigenvalue weighted by Crippen LogP contribution is -2.40. The second-order valence-electron chi connectivity index (χ2n) is 4.96. The van der Waals surface area contributed by atoms with E-state index >= 15 is 0 Å². The number of nitroso groups, excluding NO2 is 1. The summed E-state index contributed by atoms with van der Waals surface area (Å²) in [4.78, 5) is 11.8. The molecule has 0 radical (unpaired) electrons. The Labute approximate surface area is 127 Å². The van der Waals surface area contributed by atoms with Crippen LogP contribution in [0.5, 0.6) is 11.5 Å². The molecule has 0 saturated heterocycles. The van der Waals surface area contributed by atoms with Crippen LogP contribution in [0.1, 0.15) is 25.5 Å². The van der Waals surface area contributed by atoms with Crippen molar-refractivity contribution in [1.82, 2.24) is 4.85 Å². The van der Waals surface area contributed by atoms with Crippen LogP contribution < -0.4 is 14.3 Å². The van der Waals surface area contributed by atoms with Crippen molar-refractivity contribution in [3.05, 3.63) is 34.0 Å². The van der Waals surface area contributed by atoms with E-state index in [4.69, 9.17) is 9.47 Å². The molecule has 0 fully saturated rings. The maximum absolute atomic E-state index is 12.0. The minimum atomic E-state index is -0.280. The standard InChI is InChI=1S/C14H17N3O5/c1-8(2)13-12(15-18)14(17(20)16(13)19)9-5-6-10(21-3)11(7-9)22-4/h5-8,20H,1-4H3. The normalized spacial score (nSPS) is 10.8. The van der Waals surface area contributed by atoms with E-state index in [0.29, 0.717) is 21.9 Å². The fraction of sp³-hybridized carbons (Fsp3) is 0.357. The first-order valence-electron chi connectivity index (χ1n) is 6.59. The smallest absolute Gasteiger partial charge is 0.257 e. The quantitative estimate of drug-likeness (QED) is 0.396. The van der Waals surface area contributed by atoms with Crippen LogP contribution in [0.25, 0.3) is 11.3 Å². The van der Waals surface area contributed by atoms with Crippen molar-refractivity contribution in [2.75, 3.05) is 14.2 Å². The van der Waals surface area contributed by atoms with Crippen molar-refractivity contribution in [3.8, 4) is 22.8 Å². The molecule has 0 bridgehead atoms. The predicted molar refractivity (Wildman–Crippen MR) is 78.7 cm³/mol. The van der Waals surface area contributed by atoms with Crippen molar-refractivity contribution in [3.63, 3.8) is 0 Å². The Morgan fingerprint density at radius 2 is 1.91 bits per heavy atom. The number of aromatic nitrogens is 2. The van der Waals surface area contributed by atoms with Crippen LogP contribution in [0, 0.1) is 10.1 Å². The molecule has 22 heavy (non-hydrogen) atoms. The van der Waals surface area contributed by atoms with Gasteiger partial charge >= 0.3 is 0 Å². The number of hydrogen-bond donors (Lipinski definition) is 1. The molecule has 8 nitrogen and oxygen atoms in total. The first-order valence-corrected chi connectivity index (χ1v) is 6.59. The van der Waals surface area contributed by atoms with Gasteiger partial charge in [-0.05, 0) is 28.2 Å². The zero-order valence-electron chi connectivity index (χ0n) is 12.7. The van der Waals surface area contributed by atoms with E-state index in [2.05, 4.69) is 5.18 Å². The van der Waals surface area contributed by atoms with Gasteiger partial charge in [0.2, 0.25) is 5.69 Å². The van der Waals surface area contributed by atoms with Gasteiger partial charge in [0.1, 0.15) is 0 Å². The predicted octanol–water partition coefficient (Wildman–Crippen LogP) is 2.56. The summed E-state index contributed by atoms with van der Waals surface area (Å²) in [5.74, 6) is 0.612. The fourth-order valence-electron chi connectivity index (χ4n) is 2.32.